The first-order valence-corrected chi connectivity index (χ1v) is 8.54. The minimum atomic E-state index is -0.324. The molecule has 0 spiro atoms. The summed E-state index contributed by atoms with van der Waals surface area (Å²) in [5.74, 6) is 1.84. The van der Waals surface area contributed by atoms with Crippen molar-refractivity contribution in [2.24, 2.45) is 5.73 Å². The molecule has 3 heterocycles. The predicted molar refractivity (Wildman–Crippen MR) is 89.1 cm³/mol. The van der Waals surface area contributed by atoms with Crippen LogP contribution in [0.3, 0.4) is 0 Å². The zero-order chi connectivity index (χ0) is 17.9. The van der Waals surface area contributed by atoms with E-state index in [1.807, 2.05) is 0 Å². The molecule has 3 aromatic rings. The number of piperidine rings is 1. The van der Waals surface area contributed by atoms with Gasteiger partial charge in [-0.3, -0.25) is 4.90 Å². The minimum absolute atomic E-state index is 0.124. The number of rotatable bonds is 5. The number of aromatic nitrogens is 4. The molecule has 0 radical (unpaired) electrons. The Morgan fingerprint density at radius 1 is 1.23 bits per heavy atom. The van der Waals surface area contributed by atoms with E-state index in [1.165, 1.54) is 12.1 Å². The van der Waals surface area contributed by atoms with Gasteiger partial charge in [-0.25, -0.2) is 4.39 Å². The summed E-state index contributed by atoms with van der Waals surface area (Å²) in [5.41, 5.74) is 6.10. The van der Waals surface area contributed by atoms with Crippen molar-refractivity contribution in [1.82, 2.24) is 25.2 Å². The van der Waals surface area contributed by atoms with Crippen LogP contribution in [-0.2, 0) is 13.1 Å². The lowest BCUT2D eigenvalue weighted by Gasteiger charge is -2.29. The summed E-state index contributed by atoms with van der Waals surface area (Å²) in [6.07, 6.45) is 1.96. The number of nitrogens with two attached hydrogens (primary N) is 1. The molecule has 1 aliphatic rings. The van der Waals surface area contributed by atoms with Crippen LogP contribution in [0, 0.1) is 5.82 Å². The topological polar surface area (TPSA) is 107 Å². The summed E-state index contributed by atoms with van der Waals surface area (Å²) in [5, 5.41) is 7.94. The molecule has 1 fully saturated rings. The molecule has 0 bridgehead atoms. The van der Waals surface area contributed by atoms with Gasteiger partial charge in [0.1, 0.15) is 5.82 Å². The minimum Gasteiger partial charge on any atom is -0.339 e. The van der Waals surface area contributed by atoms with Crippen LogP contribution < -0.4 is 5.73 Å². The van der Waals surface area contributed by atoms with Gasteiger partial charge in [-0.2, -0.15) is 9.97 Å². The van der Waals surface area contributed by atoms with Crippen LogP contribution in [0.25, 0.3) is 11.4 Å². The lowest BCUT2D eigenvalue weighted by Crippen LogP contribution is -2.34. The Hall–Kier alpha value is -2.65. The Kier molecular flexibility index (Phi) is 4.72. The van der Waals surface area contributed by atoms with Crippen LogP contribution in [0.15, 0.2) is 33.3 Å². The molecule has 9 heteroatoms. The third kappa shape index (κ3) is 3.63. The highest BCUT2D eigenvalue weighted by Crippen LogP contribution is 2.28. The molecule has 0 aliphatic carbocycles. The molecule has 2 aromatic heterocycles. The van der Waals surface area contributed by atoms with Crippen LogP contribution in [0.2, 0.25) is 0 Å². The third-order valence-corrected chi connectivity index (χ3v) is 4.43. The smallest absolute Gasteiger partial charge is 0.240 e. The Labute approximate surface area is 149 Å². The maximum Gasteiger partial charge on any atom is 0.240 e. The van der Waals surface area contributed by atoms with Crippen molar-refractivity contribution in [3.05, 3.63) is 47.7 Å². The summed E-state index contributed by atoms with van der Waals surface area (Å²) >= 11 is 0. The lowest BCUT2D eigenvalue weighted by atomic mass is 9.98. The maximum atomic E-state index is 13.4. The van der Waals surface area contributed by atoms with Gasteiger partial charge in [0.25, 0.3) is 0 Å². The van der Waals surface area contributed by atoms with E-state index >= 15 is 0 Å². The van der Waals surface area contributed by atoms with Gasteiger partial charge < -0.3 is 14.8 Å². The molecule has 0 saturated carbocycles. The molecule has 26 heavy (non-hydrogen) atoms. The van der Waals surface area contributed by atoms with E-state index in [0.29, 0.717) is 35.5 Å². The van der Waals surface area contributed by atoms with E-state index in [1.54, 1.807) is 12.1 Å². The van der Waals surface area contributed by atoms with E-state index in [2.05, 4.69) is 25.2 Å². The molecule has 1 aliphatic heterocycles. The predicted octanol–water partition coefficient (Wildman–Crippen LogP) is 2.10. The first-order chi connectivity index (χ1) is 12.7. The van der Waals surface area contributed by atoms with Crippen molar-refractivity contribution in [3.63, 3.8) is 0 Å². The standard InChI is InChI=1S/C17H19FN6O2/c18-13-5-1-3-11(7-13)16-21-17(26-23-16)12-4-2-6-24(9-12)10-14-20-15(8-19)25-22-14/h1,3,5,7,12H,2,4,6,8-10,19H2. The Bertz CT molecular complexity index is 880. The molecule has 1 saturated heterocycles. The highest BCUT2D eigenvalue weighted by Gasteiger charge is 2.27. The van der Waals surface area contributed by atoms with E-state index in [9.17, 15) is 4.39 Å². The lowest BCUT2D eigenvalue weighted by molar-refractivity contribution is 0.175. The van der Waals surface area contributed by atoms with Gasteiger partial charge in [0.05, 0.1) is 19.0 Å². The average molecular weight is 358 g/mol. The van der Waals surface area contributed by atoms with Crippen LogP contribution in [0.4, 0.5) is 4.39 Å². The molecule has 2 N–H and O–H groups in total. The fourth-order valence-corrected chi connectivity index (χ4v) is 3.18. The van der Waals surface area contributed by atoms with Gasteiger partial charge in [0.2, 0.25) is 17.6 Å². The van der Waals surface area contributed by atoms with Gasteiger partial charge in [-0.1, -0.05) is 22.4 Å². The van der Waals surface area contributed by atoms with Gasteiger partial charge in [-0.15, -0.1) is 0 Å². The zero-order valence-corrected chi connectivity index (χ0v) is 14.1. The molecular weight excluding hydrogens is 339 g/mol. The number of nitrogens with zero attached hydrogens (tertiary/aromatic N) is 5. The summed E-state index contributed by atoms with van der Waals surface area (Å²) < 4.78 is 23.9. The van der Waals surface area contributed by atoms with Crippen molar-refractivity contribution < 1.29 is 13.4 Å². The summed E-state index contributed by atoms with van der Waals surface area (Å²) in [6, 6.07) is 6.17. The SMILES string of the molecule is NCc1nc(CN2CCCC(c3nc(-c4cccc(F)c4)no3)C2)no1. The largest absolute Gasteiger partial charge is 0.339 e. The maximum absolute atomic E-state index is 13.4. The van der Waals surface area contributed by atoms with Crippen LogP contribution in [0.1, 0.15) is 36.4 Å². The van der Waals surface area contributed by atoms with Crippen molar-refractivity contribution in [3.8, 4) is 11.4 Å². The van der Waals surface area contributed by atoms with Crippen molar-refractivity contribution in [2.45, 2.75) is 31.8 Å². The van der Waals surface area contributed by atoms with E-state index in [-0.39, 0.29) is 18.3 Å². The van der Waals surface area contributed by atoms with E-state index in [0.717, 1.165) is 25.9 Å². The third-order valence-electron chi connectivity index (χ3n) is 4.43. The molecule has 4 rings (SSSR count). The molecule has 0 amide bonds. The quantitative estimate of drug-likeness (QED) is 0.739. The number of likely N-dealkylation sites (tertiary alicyclic amines) is 1. The molecular formula is C17H19FN6O2. The molecule has 1 aromatic carbocycles. The van der Waals surface area contributed by atoms with Crippen molar-refractivity contribution >= 4 is 0 Å². The fourth-order valence-electron chi connectivity index (χ4n) is 3.18. The molecule has 1 atom stereocenters. The van der Waals surface area contributed by atoms with Crippen molar-refractivity contribution in [1.29, 1.82) is 0 Å². The van der Waals surface area contributed by atoms with E-state index in [4.69, 9.17) is 14.8 Å². The molecule has 136 valence electrons. The number of halogens is 1. The average Bonchev–Trinajstić information content (AvgIpc) is 3.31. The second-order valence-corrected chi connectivity index (χ2v) is 6.35. The summed E-state index contributed by atoms with van der Waals surface area (Å²) in [4.78, 5) is 10.9. The van der Waals surface area contributed by atoms with Crippen LogP contribution >= 0.6 is 0 Å². The zero-order valence-electron chi connectivity index (χ0n) is 14.1. The highest BCUT2D eigenvalue weighted by atomic mass is 19.1. The van der Waals surface area contributed by atoms with Gasteiger partial charge in [0.15, 0.2) is 5.82 Å². The number of benzene rings is 1. The number of hydrogen-bond donors (Lipinski definition) is 1. The number of hydrogen-bond acceptors (Lipinski definition) is 8. The normalized spacial score (nSPS) is 18.3. The molecule has 8 nitrogen and oxygen atoms in total. The van der Waals surface area contributed by atoms with E-state index < -0.39 is 0 Å². The second kappa shape index (κ2) is 7.30. The Morgan fingerprint density at radius 2 is 2.15 bits per heavy atom. The summed E-state index contributed by atoms with van der Waals surface area (Å²) in [6.45, 7) is 2.52. The summed E-state index contributed by atoms with van der Waals surface area (Å²) in [7, 11) is 0. The first-order valence-electron chi connectivity index (χ1n) is 8.54. The van der Waals surface area contributed by atoms with Crippen molar-refractivity contribution in [2.75, 3.05) is 13.1 Å². The second-order valence-electron chi connectivity index (χ2n) is 6.35. The molecule has 1 unspecified atom stereocenters. The Morgan fingerprint density at radius 3 is 2.96 bits per heavy atom. The van der Waals surface area contributed by atoms with Crippen LogP contribution in [0.5, 0.6) is 0 Å². The first kappa shape index (κ1) is 16.8. The van der Waals surface area contributed by atoms with Gasteiger partial charge in [0, 0.05) is 12.1 Å². The fraction of sp³-hybridized carbons (Fsp3) is 0.412. The van der Waals surface area contributed by atoms with Crippen LogP contribution in [-0.4, -0.2) is 38.3 Å². The highest BCUT2D eigenvalue weighted by molar-refractivity contribution is 5.53. The monoisotopic (exact) mass is 358 g/mol. The Balaban J connectivity index is 1.44. The van der Waals surface area contributed by atoms with Gasteiger partial charge >= 0.3 is 0 Å². The van der Waals surface area contributed by atoms with Gasteiger partial charge in [-0.05, 0) is 31.5 Å².